The third-order valence-electron chi connectivity index (χ3n) is 2.67. The van der Waals surface area contributed by atoms with Crippen LogP contribution in [0, 0.1) is 0 Å². The SMILES string of the molecule is CCCn1ncnc1COc1ccc(Cl)c(C(=O)O)c1. The van der Waals surface area contributed by atoms with Crippen LogP contribution in [0.15, 0.2) is 24.5 Å². The zero-order chi connectivity index (χ0) is 14.5. The molecule has 0 saturated carbocycles. The lowest BCUT2D eigenvalue weighted by Gasteiger charge is -2.08. The predicted molar refractivity (Wildman–Crippen MR) is 73.1 cm³/mol. The Hall–Kier alpha value is -2.08. The number of nitrogens with zero attached hydrogens (tertiary/aromatic N) is 3. The van der Waals surface area contributed by atoms with E-state index in [-0.39, 0.29) is 17.2 Å². The quantitative estimate of drug-likeness (QED) is 0.886. The van der Waals surface area contributed by atoms with Crippen LogP contribution in [-0.4, -0.2) is 25.8 Å². The van der Waals surface area contributed by atoms with Crippen molar-refractivity contribution in [3.63, 3.8) is 0 Å². The number of ether oxygens (including phenoxy) is 1. The van der Waals surface area contributed by atoms with Crippen LogP contribution in [-0.2, 0) is 13.2 Å². The molecule has 2 rings (SSSR count). The molecule has 0 amide bonds. The number of carboxylic acids is 1. The molecule has 0 atom stereocenters. The molecule has 1 aromatic heterocycles. The Morgan fingerprint density at radius 3 is 3.00 bits per heavy atom. The number of aryl methyl sites for hydroxylation is 1. The number of aromatic carboxylic acids is 1. The van der Waals surface area contributed by atoms with Crippen molar-refractivity contribution in [3.8, 4) is 5.75 Å². The van der Waals surface area contributed by atoms with Crippen molar-refractivity contribution in [3.05, 3.63) is 40.9 Å². The molecular formula is C13H14ClN3O3. The first kappa shape index (κ1) is 14.3. The number of rotatable bonds is 6. The van der Waals surface area contributed by atoms with E-state index in [0.717, 1.165) is 13.0 Å². The minimum Gasteiger partial charge on any atom is -0.486 e. The van der Waals surface area contributed by atoms with Crippen LogP contribution in [0.25, 0.3) is 0 Å². The highest BCUT2D eigenvalue weighted by molar-refractivity contribution is 6.33. The van der Waals surface area contributed by atoms with E-state index in [9.17, 15) is 4.79 Å². The Bertz CT molecular complexity index is 613. The van der Waals surface area contributed by atoms with Crippen molar-refractivity contribution in [1.82, 2.24) is 14.8 Å². The maximum atomic E-state index is 11.0. The fourth-order valence-corrected chi connectivity index (χ4v) is 1.90. The molecule has 6 nitrogen and oxygen atoms in total. The first-order valence-electron chi connectivity index (χ1n) is 6.14. The van der Waals surface area contributed by atoms with Crippen LogP contribution >= 0.6 is 11.6 Å². The molecule has 0 saturated heterocycles. The predicted octanol–water partition coefficient (Wildman–Crippen LogP) is 2.62. The smallest absolute Gasteiger partial charge is 0.337 e. The molecule has 0 fully saturated rings. The second kappa shape index (κ2) is 6.38. The van der Waals surface area contributed by atoms with Crippen LogP contribution in [0.3, 0.4) is 0 Å². The van der Waals surface area contributed by atoms with E-state index in [2.05, 4.69) is 10.1 Å². The highest BCUT2D eigenvalue weighted by Crippen LogP contribution is 2.22. The summed E-state index contributed by atoms with van der Waals surface area (Å²) < 4.78 is 7.30. The molecule has 1 heterocycles. The third-order valence-corrected chi connectivity index (χ3v) is 3.00. The highest BCUT2D eigenvalue weighted by atomic mass is 35.5. The zero-order valence-electron chi connectivity index (χ0n) is 10.9. The summed E-state index contributed by atoms with van der Waals surface area (Å²) >= 11 is 5.79. The topological polar surface area (TPSA) is 77.2 Å². The van der Waals surface area contributed by atoms with Gasteiger partial charge >= 0.3 is 5.97 Å². The first-order chi connectivity index (χ1) is 9.61. The summed E-state index contributed by atoms with van der Waals surface area (Å²) in [6.07, 6.45) is 2.42. The second-order valence-electron chi connectivity index (χ2n) is 4.13. The van der Waals surface area contributed by atoms with E-state index in [1.165, 1.54) is 18.5 Å². The van der Waals surface area contributed by atoms with Crippen LogP contribution in [0.4, 0.5) is 0 Å². The molecule has 1 aromatic carbocycles. The Morgan fingerprint density at radius 1 is 1.50 bits per heavy atom. The minimum absolute atomic E-state index is 0.0131. The molecule has 0 unspecified atom stereocenters. The monoisotopic (exact) mass is 295 g/mol. The van der Waals surface area contributed by atoms with E-state index in [0.29, 0.717) is 11.6 Å². The minimum atomic E-state index is -1.09. The normalized spacial score (nSPS) is 10.5. The molecule has 106 valence electrons. The van der Waals surface area contributed by atoms with Gasteiger partial charge in [-0.15, -0.1) is 0 Å². The van der Waals surface area contributed by atoms with Gasteiger partial charge in [0.15, 0.2) is 5.82 Å². The molecule has 0 bridgehead atoms. The fraction of sp³-hybridized carbons (Fsp3) is 0.308. The van der Waals surface area contributed by atoms with Gasteiger partial charge in [-0.25, -0.2) is 14.5 Å². The fourth-order valence-electron chi connectivity index (χ4n) is 1.70. The van der Waals surface area contributed by atoms with Gasteiger partial charge in [-0.2, -0.15) is 5.10 Å². The number of carboxylic acid groups (broad SMARTS) is 1. The Kier molecular flexibility index (Phi) is 4.57. The van der Waals surface area contributed by atoms with Crippen molar-refractivity contribution in [2.75, 3.05) is 0 Å². The molecule has 0 aliphatic heterocycles. The van der Waals surface area contributed by atoms with Crippen molar-refractivity contribution in [1.29, 1.82) is 0 Å². The number of benzene rings is 1. The third kappa shape index (κ3) is 3.27. The van der Waals surface area contributed by atoms with Crippen molar-refractivity contribution in [2.24, 2.45) is 0 Å². The Balaban J connectivity index is 2.09. The van der Waals surface area contributed by atoms with Crippen molar-refractivity contribution < 1.29 is 14.6 Å². The average Bonchev–Trinajstić information content (AvgIpc) is 2.85. The standard InChI is InChI=1S/C13H14ClN3O3/c1-2-5-17-12(15-8-16-17)7-20-9-3-4-11(14)10(6-9)13(18)19/h3-4,6,8H,2,5,7H2,1H3,(H,18,19). The maximum absolute atomic E-state index is 11.0. The molecule has 0 aliphatic carbocycles. The van der Waals surface area contributed by atoms with Gasteiger partial charge in [0.25, 0.3) is 0 Å². The lowest BCUT2D eigenvalue weighted by Crippen LogP contribution is -2.08. The summed E-state index contributed by atoms with van der Waals surface area (Å²) in [6, 6.07) is 4.51. The average molecular weight is 296 g/mol. The van der Waals surface area contributed by atoms with Gasteiger partial charge in [0, 0.05) is 6.54 Å². The van der Waals surface area contributed by atoms with Crippen LogP contribution in [0.1, 0.15) is 29.5 Å². The van der Waals surface area contributed by atoms with Gasteiger partial charge in [-0.1, -0.05) is 18.5 Å². The summed E-state index contributed by atoms with van der Waals surface area (Å²) in [4.78, 5) is 15.1. The van der Waals surface area contributed by atoms with Gasteiger partial charge in [-0.05, 0) is 24.6 Å². The van der Waals surface area contributed by atoms with E-state index in [1.54, 1.807) is 10.7 Å². The van der Waals surface area contributed by atoms with E-state index < -0.39 is 5.97 Å². The molecule has 2 aromatic rings. The Morgan fingerprint density at radius 2 is 2.30 bits per heavy atom. The first-order valence-corrected chi connectivity index (χ1v) is 6.52. The number of carbonyl (C=O) groups is 1. The van der Waals surface area contributed by atoms with E-state index in [4.69, 9.17) is 21.4 Å². The van der Waals surface area contributed by atoms with Gasteiger partial charge in [0.1, 0.15) is 18.7 Å². The maximum Gasteiger partial charge on any atom is 0.337 e. The second-order valence-corrected chi connectivity index (χ2v) is 4.54. The summed E-state index contributed by atoms with van der Waals surface area (Å²) in [6.45, 7) is 3.03. The molecular weight excluding hydrogens is 282 g/mol. The van der Waals surface area contributed by atoms with Crippen LogP contribution in [0.2, 0.25) is 5.02 Å². The lowest BCUT2D eigenvalue weighted by molar-refractivity contribution is 0.0696. The summed E-state index contributed by atoms with van der Waals surface area (Å²) in [5.74, 6) is 0.0334. The molecule has 7 heteroatoms. The highest BCUT2D eigenvalue weighted by Gasteiger charge is 2.11. The van der Waals surface area contributed by atoms with E-state index >= 15 is 0 Å². The summed E-state index contributed by atoms with van der Waals surface area (Å²) in [5, 5.41) is 13.3. The van der Waals surface area contributed by atoms with Crippen molar-refractivity contribution in [2.45, 2.75) is 26.5 Å². The number of hydrogen-bond donors (Lipinski definition) is 1. The largest absolute Gasteiger partial charge is 0.486 e. The van der Waals surface area contributed by atoms with Gasteiger partial charge in [-0.3, -0.25) is 0 Å². The van der Waals surface area contributed by atoms with Gasteiger partial charge in [0.05, 0.1) is 10.6 Å². The summed E-state index contributed by atoms with van der Waals surface area (Å²) in [5.41, 5.74) is 0.0131. The Labute approximate surface area is 121 Å². The lowest BCUT2D eigenvalue weighted by atomic mass is 10.2. The van der Waals surface area contributed by atoms with Crippen molar-refractivity contribution >= 4 is 17.6 Å². The van der Waals surface area contributed by atoms with Crippen LogP contribution in [0.5, 0.6) is 5.75 Å². The number of hydrogen-bond acceptors (Lipinski definition) is 4. The molecule has 0 radical (unpaired) electrons. The van der Waals surface area contributed by atoms with Gasteiger partial charge in [0.2, 0.25) is 0 Å². The van der Waals surface area contributed by atoms with E-state index in [1.807, 2.05) is 6.92 Å². The molecule has 0 aliphatic rings. The number of halogens is 1. The van der Waals surface area contributed by atoms with Crippen LogP contribution < -0.4 is 4.74 Å². The zero-order valence-corrected chi connectivity index (χ0v) is 11.7. The molecule has 0 spiro atoms. The molecule has 20 heavy (non-hydrogen) atoms. The molecule has 1 N–H and O–H groups in total. The van der Waals surface area contributed by atoms with Gasteiger partial charge < -0.3 is 9.84 Å². The number of aromatic nitrogens is 3. The summed E-state index contributed by atoms with van der Waals surface area (Å²) in [7, 11) is 0.